The number of amides is 2. The third kappa shape index (κ3) is 5.82. The molecule has 0 atom stereocenters. The molecule has 29 heavy (non-hydrogen) atoms. The quantitative estimate of drug-likeness (QED) is 0.476. The maximum atomic E-state index is 12.3. The number of aromatic nitrogens is 1. The molecule has 1 heterocycles. The smallest absolute Gasteiger partial charge is 0.342 e. The predicted octanol–water partition coefficient (Wildman–Crippen LogP) is 1.02. The van der Waals surface area contributed by atoms with Crippen LogP contribution in [0, 0.1) is 6.92 Å². The number of thiazole rings is 1. The van der Waals surface area contributed by atoms with Crippen molar-refractivity contribution in [1.29, 1.82) is 0 Å². The summed E-state index contributed by atoms with van der Waals surface area (Å²) in [4.78, 5) is 40.1. The zero-order valence-electron chi connectivity index (χ0n) is 16.4. The van der Waals surface area contributed by atoms with E-state index in [4.69, 9.17) is 18.9 Å². The molecule has 2 rings (SSSR count). The van der Waals surface area contributed by atoms with Crippen molar-refractivity contribution in [2.45, 2.75) is 13.3 Å². The van der Waals surface area contributed by atoms with Gasteiger partial charge in [0.2, 0.25) is 11.7 Å². The molecule has 0 fully saturated rings. The highest BCUT2D eigenvalue weighted by atomic mass is 32.1. The monoisotopic (exact) mass is 423 g/mol. The van der Waals surface area contributed by atoms with Gasteiger partial charge in [-0.25, -0.2) is 9.78 Å². The lowest BCUT2D eigenvalue weighted by atomic mass is 10.1. The number of carbonyl (C=O) groups is 3. The summed E-state index contributed by atoms with van der Waals surface area (Å²) in [6.07, 6.45) is 0.0292. The number of hydrogen-bond donors (Lipinski definition) is 2. The second-order valence-corrected chi connectivity index (χ2v) is 6.56. The van der Waals surface area contributed by atoms with Gasteiger partial charge in [0, 0.05) is 11.1 Å². The Bertz CT molecular complexity index is 898. The first-order chi connectivity index (χ1) is 13.9. The van der Waals surface area contributed by atoms with Gasteiger partial charge in [0.25, 0.3) is 5.91 Å². The SMILES string of the molecule is COc1ccc(C(=O)OCC(=O)NNC(=O)Cc2nc(C)cs2)c(OC)c1OC. The Kier molecular flexibility index (Phi) is 7.78. The van der Waals surface area contributed by atoms with E-state index in [1.54, 1.807) is 0 Å². The van der Waals surface area contributed by atoms with Gasteiger partial charge >= 0.3 is 5.97 Å². The van der Waals surface area contributed by atoms with Gasteiger partial charge in [0.15, 0.2) is 18.1 Å². The Morgan fingerprint density at radius 2 is 1.69 bits per heavy atom. The number of nitrogens with one attached hydrogen (secondary N) is 2. The lowest BCUT2D eigenvalue weighted by Crippen LogP contribution is -2.44. The van der Waals surface area contributed by atoms with Gasteiger partial charge in [-0.05, 0) is 19.1 Å². The number of hydrogen-bond acceptors (Lipinski definition) is 9. The molecule has 156 valence electrons. The van der Waals surface area contributed by atoms with Crippen LogP contribution in [0.15, 0.2) is 17.5 Å². The van der Waals surface area contributed by atoms with Gasteiger partial charge in [-0.3, -0.25) is 20.4 Å². The molecule has 1 aromatic carbocycles. The Hall–Kier alpha value is -3.34. The molecule has 0 radical (unpaired) electrons. The first kappa shape index (κ1) is 22.0. The van der Waals surface area contributed by atoms with Crippen LogP contribution in [0.5, 0.6) is 17.2 Å². The minimum Gasteiger partial charge on any atom is -0.493 e. The molecule has 0 spiro atoms. The van der Waals surface area contributed by atoms with E-state index in [1.807, 2.05) is 12.3 Å². The molecule has 0 aliphatic heterocycles. The van der Waals surface area contributed by atoms with E-state index < -0.39 is 24.4 Å². The van der Waals surface area contributed by atoms with E-state index in [-0.39, 0.29) is 23.5 Å². The highest BCUT2D eigenvalue weighted by Gasteiger charge is 2.22. The number of esters is 1. The summed E-state index contributed by atoms with van der Waals surface area (Å²) in [5.41, 5.74) is 5.28. The molecule has 0 aliphatic carbocycles. The molecule has 0 saturated carbocycles. The third-order valence-corrected chi connectivity index (χ3v) is 4.54. The maximum absolute atomic E-state index is 12.3. The van der Waals surface area contributed by atoms with E-state index in [2.05, 4.69) is 15.8 Å². The second-order valence-electron chi connectivity index (χ2n) is 5.61. The van der Waals surface area contributed by atoms with E-state index in [9.17, 15) is 14.4 Å². The second kappa shape index (κ2) is 10.3. The first-order valence-electron chi connectivity index (χ1n) is 8.34. The van der Waals surface area contributed by atoms with Crippen LogP contribution < -0.4 is 25.1 Å². The molecule has 2 N–H and O–H groups in total. The number of rotatable bonds is 8. The van der Waals surface area contributed by atoms with Crippen molar-refractivity contribution in [3.63, 3.8) is 0 Å². The van der Waals surface area contributed by atoms with Crippen molar-refractivity contribution < 1.29 is 33.3 Å². The van der Waals surface area contributed by atoms with Crippen LogP contribution in [0.4, 0.5) is 0 Å². The highest BCUT2D eigenvalue weighted by Crippen LogP contribution is 2.39. The zero-order valence-corrected chi connectivity index (χ0v) is 17.2. The van der Waals surface area contributed by atoms with E-state index in [1.165, 1.54) is 44.8 Å². The Balaban J connectivity index is 1.88. The number of aryl methyl sites for hydroxylation is 1. The molecule has 2 amide bonds. The molecule has 2 aromatic rings. The summed E-state index contributed by atoms with van der Waals surface area (Å²) >= 11 is 1.35. The average molecular weight is 423 g/mol. The Labute approximate surface area is 171 Å². The average Bonchev–Trinajstić information content (AvgIpc) is 3.13. The standard InChI is InChI=1S/C18H21N3O7S/c1-10-9-29-15(19-10)7-13(22)20-21-14(23)8-28-18(24)11-5-6-12(25-2)17(27-4)16(11)26-3/h5-6,9H,7-8H2,1-4H3,(H,20,22)(H,21,23). The van der Waals surface area contributed by atoms with Crippen LogP contribution in [0.3, 0.4) is 0 Å². The number of ether oxygens (including phenoxy) is 4. The number of hydrazine groups is 1. The fraction of sp³-hybridized carbons (Fsp3) is 0.333. The van der Waals surface area contributed by atoms with Crippen LogP contribution in [-0.4, -0.2) is 50.7 Å². The summed E-state index contributed by atoms with van der Waals surface area (Å²) in [5.74, 6) is -1.25. The minimum absolute atomic E-state index is 0.0292. The molecule has 11 heteroatoms. The van der Waals surface area contributed by atoms with Crippen molar-refractivity contribution in [3.8, 4) is 17.2 Å². The Morgan fingerprint density at radius 3 is 2.28 bits per heavy atom. The van der Waals surface area contributed by atoms with Gasteiger partial charge in [0.1, 0.15) is 10.6 Å². The van der Waals surface area contributed by atoms with Crippen LogP contribution in [-0.2, 0) is 20.7 Å². The molecule has 10 nitrogen and oxygen atoms in total. The Morgan fingerprint density at radius 1 is 1.00 bits per heavy atom. The predicted molar refractivity (Wildman–Crippen MR) is 103 cm³/mol. The summed E-state index contributed by atoms with van der Waals surface area (Å²) in [7, 11) is 4.21. The first-order valence-corrected chi connectivity index (χ1v) is 9.22. The largest absolute Gasteiger partial charge is 0.493 e. The van der Waals surface area contributed by atoms with Crippen LogP contribution in [0.2, 0.25) is 0 Å². The van der Waals surface area contributed by atoms with Gasteiger partial charge < -0.3 is 18.9 Å². The zero-order chi connectivity index (χ0) is 21.4. The fourth-order valence-corrected chi connectivity index (χ4v) is 3.08. The minimum atomic E-state index is -0.803. The number of methoxy groups -OCH3 is 3. The van der Waals surface area contributed by atoms with E-state index >= 15 is 0 Å². The summed E-state index contributed by atoms with van der Waals surface area (Å²) in [6.45, 7) is 1.22. The lowest BCUT2D eigenvalue weighted by molar-refractivity contribution is -0.130. The third-order valence-electron chi connectivity index (χ3n) is 3.58. The molecule has 0 bridgehead atoms. The topological polar surface area (TPSA) is 125 Å². The summed E-state index contributed by atoms with van der Waals surface area (Å²) < 4.78 is 20.5. The maximum Gasteiger partial charge on any atom is 0.342 e. The van der Waals surface area contributed by atoms with E-state index in [0.717, 1.165) is 5.69 Å². The van der Waals surface area contributed by atoms with Crippen molar-refractivity contribution in [1.82, 2.24) is 15.8 Å². The summed E-state index contributed by atoms with van der Waals surface area (Å²) in [5, 5.41) is 2.45. The fourth-order valence-electron chi connectivity index (χ4n) is 2.31. The van der Waals surface area contributed by atoms with Crippen molar-refractivity contribution in [2.24, 2.45) is 0 Å². The number of carbonyl (C=O) groups excluding carboxylic acids is 3. The van der Waals surface area contributed by atoms with Gasteiger partial charge in [0.05, 0.1) is 27.8 Å². The molecular weight excluding hydrogens is 402 g/mol. The normalized spacial score (nSPS) is 10.1. The van der Waals surface area contributed by atoms with Crippen LogP contribution in [0.1, 0.15) is 21.1 Å². The number of benzene rings is 1. The molecular formula is C18H21N3O7S. The molecule has 0 saturated heterocycles. The highest BCUT2D eigenvalue weighted by molar-refractivity contribution is 7.09. The van der Waals surface area contributed by atoms with Crippen LogP contribution in [0.25, 0.3) is 0 Å². The van der Waals surface area contributed by atoms with Gasteiger partial charge in [-0.15, -0.1) is 11.3 Å². The molecule has 0 aliphatic rings. The summed E-state index contributed by atoms with van der Waals surface area (Å²) in [6, 6.07) is 2.94. The van der Waals surface area contributed by atoms with Crippen molar-refractivity contribution in [3.05, 3.63) is 33.8 Å². The molecule has 1 aromatic heterocycles. The van der Waals surface area contributed by atoms with Crippen LogP contribution >= 0.6 is 11.3 Å². The number of nitrogens with zero attached hydrogens (tertiary/aromatic N) is 1. The van der Waals surface area contributed by atoms with Gasteiger partial charge in [-0.2, -0.15) is 0 Å². The van der Waals surface area contributed by atoms with Crippen molar-refractivity contribution >= 4 is 29.1 Å². The lowest BCUT2D eigenvalue weighted by Gasteiger charge is -2.15. The van der Waals surface area contributed by atoms with Crippen molar-refractivity contribution in [2.75, 3.05) is 27.9 Å². The van der Waals surface area contributed by atoms with E-state index in [0.29, 0.717) is 10.8 Å². The van der Waals surface area contributed by atoms with Gasteiger partial charge in [-0.1, -0.05) is 0 Å². The molecule has 0 unspecified atom stereocenters.